The van der Waals surface area contributed by atoms with Crippen LogP contribution in [0, 0.1) is 0 Å². The van der Waals surface area contributed by atoms with E-state index in [-0.39, 0.29) is 5.91 Å². The summed E-state index contributed by atoms with van der Waals surface area (Å²) in [4.78, 5) is 17.6. The van der Waals surface area contributed by atoms with Crippen LogP contribution in [-0.2, 0) is 11.3 Å². The molecule has 0 aliphatic rings. The van der Waals surface area contributed by atoms with Gasteiger partial charge < -0.3 is 10.2 Å². The highest BCUT2D eigenvalue weighted by Gasteiger charge is 2.08. The van der Waals surface area contributed by atoms with E-state index in [2.05, 4.69) is 34.3 Å². The molecule has 100 valence electrons. The van der Waals surface area contributed by atoms with E-state index in [0.717, 1.165) is 18.8 Å². The zero-order chi connectivity index (χ0) is 13.7. The fourth-order valence-corrected chi connectivity index (χ4v) is 2.56. The highest BCUT2D eigenvalue weighted by Crippen LogP contribution is 2.20. The highest BCUT2D eigenvalue weighted by molar-refractivity contribution is 7.13. The van der Waals surface area contributed by atoms with Crippen molar-refractivity contribution in [2.45, 2.75) is 20.4 Å². The number of para-hydroxylation sites is 1. The third-order valence-corrected chi connectivity index (χ3v) is 3.50. The lowest BCUT2D eigenvalue weighted by Crippen LogP contribution is -2.22. The number of rotatable bonds is 5. The van der Waals surface area contributed by atoms with Crippen molar-refractivity contribution in [1.29, 1.82) is 0 Å². The molecule has 1 amide bonds. The Bertz CT molecular complexity index is 539. The van der Waals surface area contributed by atoms with Crippen molar-refractivity contribution in [3.63, 3.8) is 0 Å². The molecule has 0 saturated carbocycles. The van der Waals surface area contributed by atoms with Crippen molar-refractivity contribution >= 4 is 28.1 Å². The number of carbonyl (C=O) groups excluding carboxylic acids is 1. The lowest BCUT2D eigenvalue weighted by Gasteiger charge is -2.21. The molecule has 0 spiro atoms. The quantitative estimate of drug-likeness (QED) is 0.912. The molecule has 5 heteroatoms. The molecule has 0 aliphatic heterocycles. The van der Waals surface area contributed by atoms with Crippen LogP contribution in [0.4, 0.5) is 10.8 Å². The SMILES string of the molecule is CCN(Cc1csc(NC(C)=O)n1)c1ccccc1. The Morgan fingerprint density at radius 3 is 2.74 bits per heavy atom. The predicted molar refractivity (Wildman–Crippen MR) is 79.6 cm³/mol. The van der Waals surface area contributed by atoms with Crippen molar-refractivity contribution in [3.05, 3.63) is 41.4 Å². The molecule has 0 radical (unpaired) electrons. The average molecular weight is 275 g/mol. The van der Waals surface area contributed by atoms with Crippen molar-refractivity contribution < 1.29 is 4.79 Å². The van der Waals surface area contributed by atoms with E-state index >= 15 is 0 Å². The normalized spacial score (nSPS) is 10.2. The Morgan fingerprint density at radius 1 is 1.37 bits per heavy atom. The number of anilines is 2. The Kier molecular flexibility index (Phi) is 4.52. The van der Waals surface area contributed by atoms with E-state index in [0.29, 0.717) is 5.13 Å². The van der Waals surface area contributed by atoms with E-state index in [1.807, 2.05) is 23.6 Å². The molecule has 0 bridgehead atoms. The fourth-order valence-electron chi connectivity index (χ4n) is 1.81. The van der Waals surface area contributed by atoms with E-state index < -0.39 is 0 Å². The number of carbonyl (C=O) groups is 1. The van der Waals surface area contributed by atoms with Crippen molar-refractivity contribution in [2.24, 2.45) is 0 Å². The number of nitrogens with one attached hydrogen (secondary N) is 1. The van der Waals surface area contributed by atoms with E-state index in [1.165, 1.54) is 23.9 Å². The summed E-state index contributed by atoms with van der Waals surface area (Å²) in [7, 11) is 0. The topological polar surface area (TPSA) is 45.2 Å². The van der Waals surface area contributed by atoms with Crippen LogP contribution < -0.4 is 10.2 Å². The number of nitrogens with zero attached hydrogens (tertiary/aromatic N) is 2. The standard InChI is InChI=1S/C14H17N3OS/c1-3-17(13-7-5-4-6-8-13)9-12-10-19-14(16-12)15-11(2)18/h4-8,10H,3,9H2,1-2H3,(H,15,16,18). The third kappa shape index (κ3) is 3.79. The van der Waals surface area contributed by atoms with Gasteiger partial charge in [0.2, 0.25) is 5.91 Å². The molecule has 1 aromatic carbocycles. The van der Waals surface area contributed by atoms with Gasteiger partial charge >= 0.3 is 0 Å². The number of hydrogen-bond acceptors (Lipinski definition) is 4. The van der Waals surface area contributed by atoms with Crippen LogP contribution >= 0.6 is 11.3 Å². The second-order valence-corrected chi connectivity index (χ2v) is 5.03. The Hall–Kier alpha value is -1.88. The molecule has 1 heterocycles. The van der Waals surface area contributed by atoms with Crippen molar-refractivity contribution in [2.75, 3.05) is 16.8 Å². The lowest BCUT2D eigenvalue weighted by molar-refractivity contribution is -0.114. The first-order valence-electron chi connectivity index (χ1n) is 6.21. The molecule has 2 rings (SSSR count). The number of hydrogen-bond donors (Lipinski definition) is 1. The molecule has 0 atom stereocenters. The van der Waals surface area contributed by atoms with Gasteiger partial charge in [-0.15, -0.1) is 11.3 Å². The van der Waals surface area contributed by atoms with Gasteiger partial charge in [-0.05, 0) is 19.1 Å². The first kappa shape index (κ1) is 13.5. The van der Waals surface area contributed by atoms with Gasteiger partial charge in [-0.2, -0.15) is 0 Å². The summed E-state index contributed by atoms with van der Waals surface area (Å²) in [5.41, 5.74) is 2.15. The minimum atomic E-state index is -0.0868. The summed E-state index contributed by atoms with van der Waals surface area (Å²) in [6.45, 7) is 5.27. The lowest BCUT2D eigenvalue weighted by atomic mass is 10.3. The number of amides is 1. The zero-order valence-corrected chi connectivity index (χ0v) is 11.9. The molecule has 0 fully saturated rings. The van der Waals surface area contributed by atoms with Crippen molar-refractivity contribution in [3.8, 4) is 0 Å². The third-order valence-electron chi connectivity index (χ3n) is 2.69. The first-order chi connectivity index (χ1) is 9.19. The van der Waals surface area contributed by atoms with Crippen LogP contribution in [-0.4, -0.2) is 17.4 Å². The smallest absolute Gasteiger partial charge is 0.223 e. The van der Waals surface area contributed by atoms with E-state index in [1.54, 1.807) is 0 Å². The van der Waals surface area contributed by atoms with Crippen LogP contribution in [0.5, 0.6) is 0 Å². The molecule has 1 aromatic heterocycles. The maximum absolute atomic E-state index is 11.0. The number of aromatic nitrogens is 1. The van der Waals surface area contributed by atoms with Gasteiger partial charge in [-0.25, -0.2) is 4.98 Å². The maximum Gasteiger partial charge on any atom is 0.223 e. The van der Waals surface area contributed by atoms with Crippen LogP contribution in [0.1, 0.15) is 19.5 Å². The summed E-state index contributed by atoms with van der Waals surface area (Å²) in [6.07, 6.45) is 0. The number of benzene rings is 1. The zero-order valence-electron chi connectivity index (χ0n) is 11.1. The first-order valence-corrected chi connectivity index (χ1v) is 7.09. The minimum Gasteiger partial charge on any atom is -0.366 e. The van der Waals surface area contributed by atoms with Gasteiger partial charge in [0, 0.05) is 24.5 Å². The van der Waals surface area contributed by atoms with Gasteiger partial charge in [-0.3, -0.25) is 4.79 Å². The fraction of sp³-hybridized carbons (Fsp3) is 0.286. The minimum absolute atomic E-state index is 0.0868. The Balaban J connectivity index is 2.06. The molecule has 0 saturated heterocycles. The molecular formula is C14H17N3OS. The van der Waals surface area contributed by atoms with Crippen LogP contribution in [0.15, 0.2) is 35.7 Å². The second-order valence-electron chi connectivity index (χ2n) is 4.17. The molecule has 0 aliphatic carbocycles. The van der Waals surface area contributed by atoms with E-state index in [4.69, 9.17) is 0 Å². The predicted octanol–water partition coefficient (Wildman–Crippen LogP) is 3.13. The summed E-state index contributed by atoms with van der Waals surface area (Å²) >= 11 is 1.46. The largest absolute Gasteiger partial charge is 0.366 e. The van der Waals surface area contributed by atoms with Crippen LogP contribution in [0.3, 0.4) is 0 Å². The second kappa shape index (κ2) is 6.33. The maximum atomic E-state index is 11.0. The highest BCUT2D eigenvalue weighted by atomic mass is 32.1. The molecular weight excluding hydrogens is 258 g/mol. The van der Waals surface area contributed by atoms with Crippen LogP contribution in [0.25, 0.3) is 0 Å². The summed E-state index contributed by atoms with van der Waals surface area (Å²) in [5.74, 6) is -0.0868. The van der Waals surface area contributed by atoms with Crippen LogP contribution in [0.2, 0.25) is 0 Å². The van der Waals surface area contributed by atoms with Gasteiger partial charge in [0.25, 0.3) is 0 Å². The average Bonchev–Trinajstić information content (AvgIpc) is 2.83. The molecule has 0 unspecified atom stereocenters. The summed E-state index contributed by atoms with van der Waals surface area (Å²) < 4.78 is 0. The molecule has 19 heavy (non-hydrogen) atoms. The van der Waals surface area contributed by atoms with Gasteiger partial charge in [0.1, 0.15) is 0 Å². The van der Waals surface area contributed by atoms with Gasteiger partial charge in [0.05, 0.1) is 12.2 Å². The summed E-state index contributed by atoms with van der Waals surface area (Å²) in [6, 6.07) is 10.2. The monoisotopic (exact) mass is 275 g/mol. The van der Waals surface area contributed by atoms with Crippen molar-refractivity contribution in [1.82, 2.24) is 4.98 Å². The Morgan fingerprint density at radius 2 is 2.11 bits per heavy atom. The summed E-state index contributed by atoms with van der Waals surface area (Å²) in [5, 5.41) is 5.35. The Labute approximate surface area is 117 Å². The molecule has 1 N–H and O–H groups in total. The molecule has 4 nitrogen and oxygen atoms in total. The van der Waals surface area contributed by atoms with Gasteiger partial charge in [0.15, 0.2) is 5.13 Å². The molecule has 2 aromatic rings. The van der Waals surface area contributed by atoms with Gasteiger partial charge in [-0.1, -0.05) is 18.2 Å². The number of thiazole rings is 1. The van der Waals surface area contributed by atoms with E-state index in [9.17, 15) is 4.79 Å².